The first kappa shape index (κ1) is 14.5. The first-order valence-corrected chi connectivity index (χ1v) is 6.88. The lowest BCUT2D eigenvalue weighted by Gasteiger charge is -2.28. The van der Waals surface area contributed by atoms with Crippen LogP contribution < -0.4 is 5.32 Å². The molecule has 0 aromatic carbocycles. The van der Waals surface area contributed by atoms with Crippen LogP contribution in [-0.2, 0) is 4.79 Å². The summed E-state index contributed by atoms with van der Waals surface area (Å²) in [5.74, 6) is -0.0138. The minimum absolute atomic E-state index is 0.0849. The fourth-order valence-corrected chi connectivity index (χ4v) is 2.35. The molecule has 0 unspecified atom stereocenters. The maximum absolute atomic E-state index is 10.8. The lowest BCUT2D eigenvalue weighted by molar-refractivity contribution is -0.143. The molecule has 0 heterocycles. The van der Waals surface area contributed by atoms with Crippen molar-refractivity contribution < 1.29 is 9.90 Å². The smallest absolute Gasteiger partial charge is 0.306 e. The summed E-state index contributed by atoms with van der Waals surface area (Å²) in [5.41, 5.74) is 0.373. The Kier molecular flexibility index (Phi) is 5.44. The molecule has 0 atom stereocenters. The van der Waals surface area contributed by atoms with Crippen molar-refractivity contribution in [2.45, 2.75) is 52.9 Å². The topological polar surface area (TPSA) is 49.3 Å². The number of hydrogen-bond donors (Lipinski definition) is 2. The second-order valence-corrected chi connectivity index (χ2v) is 6.20. The third-order valence-corrected chi connectivity index (χ3v) is 4.19. The predicted molar refractivity (Wildman–Crippen MR) is 70.0 cm³/mol. The Hall–Kier alpha value is -0.570. The summed E-state index contributed by atoms with van der Waals surface area (Å²) in [5, 5.41) is 12.5. The van der Waals surface area contributed by atoms with Gasteiger partial charge in [-0.1, -0.05) is 20.8 Å². The minimum Gasteiger partial charge on any atom is -0.481 e. The van der Waals surface area contributed by atoms with Crippen LogP contribution in [0.5, 0.6) is 0 Å². The standard InChI is InChI=1S/C14H27NO2/c1-4-14(2,3)10-15-9-11-5-7-12(8-6-11)13(16)17/h11-12,15H,4-10H2,1-3H3,(H,16,17). The Bertz CT molecular complexity index is 243. The molecule has 0 aromatic rings. The summed E-state index contributed by atoms with van der Waals surface area (Å²) < 4.78 is 0. The van der Waals surface area contributed by atoms with Crippen LogP contribution in [0.3, 0.4) is 0 Å². The monoisotopic (exact) mass is 241 g/mol. The molecule has 0 saturated heterocycles. The van der Waals surface area contributed by atoms with Gasteiger partial charge in [0.2, 0.25) is 0 Å². The van der Waals surface area contributed by atoms with Crippen molar-refractivity contribution in [3.63, 3.8) is 0 Å². The molecule has 1 saturated carbocycles. The van der Waals surface area contributed by atoms with Gasteiger partial charge in [-0.2, -0.15) is 0 Å². The van der Waals surface area contributed by atoms with Crippen molar-refractivity contribution in [3.05, 3.63) is 0 Å². The minimum atomic E-state index is -0.608. The van der Waals surface area contributed by atoms with E-state index in [0.29, 0.717) is 11.3 Å². The van der Waals surface area contributed by atoms with Crippen LogP contribution >= 0.6 is 0 Å². The molecule has 2 N–H and O–H groups in total. The van der Waals surface area contributed by atoms with Gasteiger partial charge in [0.15, 0.2) is 0 Å². The highest BCUT2D eigenvalue weighted by Crippen LogP contribution is 2.28. The maximum atomic E-state index is 10.8. The van der Waals surface area contributed by atoms with Gasteiger partial charge >= 0.3 is 5.97 Å². The molecule has 3 nitrogen and oxygen atoms in total. The fraction of sp³-hybridized carbons (Fsp3) is 0.929. The van der Waals surface area contributed by atoms with Crippen molar-refractivity contribution in [1.82, 2.24) is 5.32 Å². The quantitative estimate of drug-likeness (QED) is 0.751. The normalized spacial score (nSPS) is 25.8. The largest absolute Gasteiger partial charge is 0.481 e. The van der Waals surface area contributed by atoms with E-state index in [1.807, 2.05) is 0 Å². The molecule has 0 aromatic heterocycles. The zero-order valence-corrected chi connectivity index (χ0v) is 11.5. The van der Waals surface area contributed by atoms with Crippen molar-refractivity contribution in [1.29, 1.82) is 0 Å². The molecule has 1 aliphatic carbocycles. The van der Waals surface area contributed by atoms with Crippen molar-refractivity contribution in [2.24, 2.45) is 17.3 Å². The zero-order chi connectivity index (χ0) is 12.9. The molecule has 1 fully saturated rings. The number of nitrogens with one attached hydrogen (secondary N) is 1. The summed E-state index contributed by atoms with van der Waals surface area (Å²) in [7, 11) is 0. The molecular formula is C14H27NO2. The van der Waals surface area contributed by atoms with E-state index < -0.39 is 5.97 Å². The molecule has 0 bridgehead atoms. The van der Waals surface area contributed by atoms with Crippen molar-refractivity contribution in [2.75, 3.05) is 13.1 Å². The average Bonchev–Trinajstić information content (AvgIpc) is 2.29. The van der Waals surface area contributed by atoms with Crippen LogP contribution in [0.15, 0.2) is 0 Å². The number of carboxylic acids is 1. The number of aliphatic carboxylic acids is 1. The predicted octanol–water partition coefficient (Wildman–Crippen LogP) is 2.90. The van der Waals surface area contributed by atoms with Gasteiger partial charge in [-0.15, -0.1) is 0 Å². The second-order valence-electron chi connectivity index (χ2n) is 6.20. The van der Waals surface area contributed by atoms with Gasteiger partial charge in [0, 0.05) is 6.54 Å². The first-order valence-electron chi connectivity index (χ1n) is 6.88. The summed E-state index contributed by atoms with van der Waals surface area (Å²) >= 11 is 0. The molecule has 0 spiro atoms. The lowest BCUT2D eigenvalue weighted by atomic mass is 9.82. The summed E-state index contributed by atoms with van der Waals surface area (Å²) in [6.45, 7) is 8.89. The molecule has 0 aliphatic heterocycles. The van der Waals surface area contributed by atoms with Gasteiger partial charge < -0.3 is 10.4 Å². The number of rotatable bonds is 6. The van der Waals surface area contributed by atoms with Crippen LogP contribution in [0.1, 0.15) is 52.9 Å². The van der Waals surface area contributed by atoms with Gasteiger partial charge in [-0.05, 0) is 50.0 Å². The van der Waals surface area contributed by atoms with E-state index in [2.05, 4.69) is 26.1 Å². The van der Waals surface area contributed by atoms with Crippen LogP contribution in [0.25, 0.3) is 0 Å². The van der Waals surface area contributed by atoms with E-state index >= 15 is 0 Å². The molecule has 0 amide bonds. The third kappa shape index (κ3) is 5.07. The highest BCUT2D eigenvalue weighted by atomic mass is 16.4. The van der Waals surface area contributed by atoms with Gasteiger partial charge in [-0.25, -0.2) is 0 Å². The Morgan fingerprint density at radius 1 is 1.29 bits per heavy atom. The number of carboxylic acid groups (broad SMARTS) is 1. The fourth-order valence-electron chi connectivity index (χ4n) is 2.35. The summed E-state index contributed by atoms with van der Waals surface area (Å²) in [6, 6.07) is 0. The van der Waals surface area contributed by atoms with Crippen molar-refractivity contribution in [3.8, 4) is 0 Å². The Balaban J connectivity index is 2.16. The molecular weight excluding hydrogens is 214 g/mol. The highest BCUT2D eigenvalue weighted by molar-refractivity contribution is 5.69. The van der Waals surface area contributed by atoms with E-state index in [1.165, 1.54) is 6.42 Å². The van der Waals surface area contributed by atoms with Crippen LogP contribution in [-0.4, -0.2) is 24.2 Å². The van der Waals surface area contributed by atoms with Crippen LogP contribution in [0.4, 0.5) is 0 Å². The third-order valence-electron chi connectivity index (χ3n) is 4.19. The molecule has 0 radical (unpaired) electrons. The molecule has 1 aliphatic rings. The molecule has 100 valence electrons. The molecule has 3 heteroatoms. The second kappa shape index (κ2) is 6.39. The Labute approximate surface area is 105 Å². The van der Waals surface area contributed by atoms with Gasteiger partial charge in [0.1, 0.15) is 0 Å². The van der Waals surface area contributed by atoms with E-state index in [1.54, 1.807) is 0 Å². The number of hydrogen-bond acceptors (Lipinski definition) is 2. The Morgan fingerprint density at radius 2 is 1.88 bits per heavy atom. The lowest BCUT2D eigenvalue weighted by Crippen LogP contribution is -2.34. The van der Waals surface area contributed by atoms with E-state index in [9.17, 15) is 4.79 Å². The first-order chi connectivity index (χ1) is 7.94. The van der Waals surface area contributed by atoms with Gasteiger partial charge in [0.25, 0.3) is 0 Å². The Morgan fingerprint density at radius 3 is 2.35 bits per heavy atom. The zero-order valence-electron chi connectivity index (χ0n) is 11.5. The number of carbonyl (C=O) groups is 1. The summed E-state index contributed by atoms with van der Waals surface area (Å²) in [6.07, 6.45) is 5.04. The summed E-state index contributed by atoms with van der Waals surface area (Å²) in [4.78, 5) is 10.8. The SMILES string of the molecule is CCC(C)(C)CNCC1CCC(C(=O)O)CC1. The van der Waals surface area contributed by atoms with E-state index in [0.717, 1.165) is 38.8 Å². The van der Waals surface area contributed by atoms with Crippen LogP contribution in [0, 0.1) is 17.3 Å². The van der Waals surface area contributed by atoms with Gasteiger partial charge in [0.05, 0.1) is 5.92 Å². The molecule has 1 rings (SSSR count). The van der Waals surface area contributed by atoms with E-state index in [-0.39, 0.29) is 5.92 Å². The average molecular weight is 241 g/mol. The van der Waals surface area contributed by atoms with Gasteiger partial charge in [-0.3, -0.25) is 4.79 Å². The van der Waals surface area contributed by atoms with Crippen molar-refractivity contribution >= 4 is 5.97 Å². The van der Waals surface area contributed by atoms with E-state index in [4.69, 9.17) is 5.11 Å². The van der Waals surface area contributed by atoms with Crippen LogP contribution in [0.2, 0.25) is 0 Å². The molecule has 17 heavy (non-hydrogen) atoms. The maximum Gasteiger partial charge on any atom is 0.306 e. The highest BCUT2D eigenvalue weighted by Gasteiger charge is 2.25.